The van der Waals surface area contributed by atoms with E-state index in [1.165, 1.54) is 0 Å². The van der Waals surface area contributed by atoms with E-state index in [2.05, 4.69) is 0 Å². The lowest BCUT2D eigenvalue weighted by Crippen LogP contribution is -2.45. The third kappa shape index (κ3) is 1.67. The molecule has 0 spiro atoms. The van der Waals surface area contributed by atoms with E-state index >= 15 is 0 Å². The van der Waals surface area contributed by atoms with Crippen molar-refractivity contribution in [2.24, 2.45) is 5.73 Å². The summed E-state index contributed by atoms with van der Waals surface area (Å²) in [6, 6.07) is -0.469. The molecule has 1 rings (SSSR count). The van der Waals surface area contributed by atoms with Crippen molar-refractivity contribution in [3.63, 3.8) is 0 Å². The summed E-state index contributed by atoms with van der Waals surface area (Å²) in [4.78, 5) is 0. The van der Waals surface area contributed by atoms with E-state index in [1.807, 2.05) is 0 Å². The minimum Gasteiger partial charge on any atom is -0.390 e. The number of nitrogens with two attached hydrogens (primary N) is 1. The molecule has 0 aromatic carbocycles. The van der Waals surface area contributed by atoms with Gasteiger partial charge in [-0.15, -0.1) is 0 Å². The molecule has 0 saturated heterocycles. The highest BCUT2D eigenvalue weighted by atomic mass is 19.1. The maximum absolute atomic E-state index is 12.7. The Morgan fingerprint density at radius 3 is 2.70 bits per heavy atom. The highest BCUT2D eigenvalue weighted by Crippen LogP contribution is 2.28. The molecule has 0 aliphatic heterocycles. The van der Waals surface area contributed by atoms with Crippen molar-refractivity contribution in [2.75, 3.05) is 0 Å². The van der Waals surface area contributed by atoms with E-state index in [4.69, 9.17) is 5.73 Å². The summed E-state index contributed by atoms with van der Waals surface area (Å²) < 4.78 is 12.7. The molecule has 2 nitrogen and oxygen atoms in total. The van der Waals surface area contributed by atoms with Crippen LogP contribution in [0.25, 0.3) is 0 Å². The Hall–Kier alpha value is -0.150. The number of aliphatic hydroxyl groups is 1. The molecular weight excluding hydrogens is 133 g/mol. The van der Waals surface area contributed by atoms with Crippen LogP contribution in [-0.2, 0) is 0 Å². The molecule has 1 fully saturated rings. The highest BCUT2D eigenvalue weighted by Gasteiger charge is 2.34. The first-order valence-corrected chi connectivity index (χ1v) is 3.63. The van der Waals surface area contributed by atoms with Crippen LogP contribution in [0, 0.1) is 0 Å². The molecule has 1 saturated carbocycles. The van der Waals surface area contributed by atoms with Crippen molar-refractivity contribution in [1.82, 2.24) is 0 Å². The smallest absolute Gasteiger partial charge is 0.115 e. The summed E-state index contributed by atoms with van der Waals surface area (Å²) in [5.74, 6) is 0. The van der Waals surface area contributed by atoms with Crippen LogP contribution in [-0.4, -0.2) is 22.9 Å². The molecular formula is C7H14FNO. The molecule has 60 valence electrons. The zero-order valence-electron chi connectivity index (χ0n) is 6.18. The number of hydrogen-bond donors (Lipinski definition) is 2. The number of rotatable bonds is 0. The third-order valence-corrected chi connectivity index (χ3v) is 2.10. The minimum atomic E-state index is -0.916. The van der Waals surface area contributed by atoms with Crippen molar-refractivity contribution < 1.29 is 9.50 Å². The van der Waals surface area contributed by atoms with Crippen LogP contribution in [0.4, 0.5) is 4.39 Å². The Bertz CT molecular complexity index is 127. The summed E-state index contributed by atoms with van der Waals surface area (Å²) in [5.41, 5.74) is 4.68. The van der Waals surface area contributed by atoms with Gasteiger partial charge in [-0.3, -0.25) is 0 Å². The van der Waals surface area contributed by atoms with Crippen molar-refractivity contribution in [2.45, 2.75) is 44.0 Å². The lowest BCUT2D eigenvalue weighted by atomic mass is 9.83. The van der Waals surface area contributed by atoms with Gasteiger partial charge in [-0.1, -0.05) is 0 Å². The molecule has 1 aliphatic carbocycles. The van der Waals surface area contributed by atoms with Crippen LogP contribution in [0.5, 0.6) is 0 Å². The van der Waals surface area contributed by atoms with E-state index in [1.54, 1.807) is 6.92 Å². The van der Waals surface area contributed by atoms with Gasteiger partial charge in [0.1, 0.15) is 6.17 Å². The number of alkyl halides is 1. The predicted molar refractivity (Wildman–Crippen MR) is 37.3 cm³/mol. The van der Waals surface area contributed by atoms with Gasteiger partial charge in [-0.05, 0) is 26.2 Å². The first-order valence-electron chi connectivity index (χ1n) is 3.63. The molecule has 1 aliphatic rings. The van der Waals surface area contributed by atoms with Crippen LogP contribution in [0.1, 0.15) is 26.2 Å². The molecule has 3 heteroatoms. The zero-order chi connectivity index (χ0) is 7.78. The SMILES string of the molecule is CC1(O)CCC(F)C(N)C1. The molecule has 0 amide bonds. The summed E-state index contributed by atoms with van der Waals surface area (Å²) in [7, 11) is 0. The molecule has 0 heterocycles. The number of halogens is 1. The average Bonchev–Trinajstić information content (AvgIpc) is 1.79. The molecule has 3 unspecified atom stereocenters. The van der Waals surface area contributed by atoms with Crippen LogP contribution in [0.3, 0.4) is 0 Å². The molecule has 3 N–H and O–H groups in total. The molecule has 0 radical (unpaired) electrons. The summed E-state index contributed by atoms with van der Waals surface area (Å²) >= 11 is 0. The van der Waals surface area contributed by atoms with Crippen LogP contribution >= 0.6 is 0 Å². The molecule has 0 aromatic heterocycles. The van der Waals surface area contributed by atoms with Gasteiger partial charge in [0, 0.05) is 6.04 Å². The van der Waals surface area contributed by atoms with E-state index in [9.17, 15) is 9.50 Å². The molecule has 10 heavy (non-hydrogen) atoms. The third-order valence-electron chi connectivity index (χ3n) is 2.10. The molecule has 3 atom stereocenters. The van der Waals surface area contributed by atoms with E-state index in [0.29, 0.717) is 19.3 Å². The van der Waals surface area contributed by atoms with Gasteiger partial charge in [0.25, 0.3) is 0 Å². The fourth-order valence-corrected chi connectivity index (χ4v) is 1.40. The lowest BCUT2D eigenvalue weighted by molar-refractivity contribution is -0.00783. The second kappa shape index (κ2) is 2.47. The Balaban J connectivity index is 2.49. The fourth-order valence-electron chi connectivity index (χ4n) is 1.40. The molecule has 0 bridgehead atoms. The van der Waals surface area contributed by atoms with Crippen molar-refractivity contribution >= 4 is 0 Å². The Kier molecular flexibility index (Phi) is 1.97. The maximum Gasteiger partial charge on any atom is 0.115 e. The number of hydrogen-bond acceptors (Lipinski definition) is 2. The first kappa shape index (κ1) is 7.95. The van der Waals surface area contributed by atoms with E-state index in [0.717, 1.165) is 0 Å². The highest BCUT2D eigenvalue weighted by molar-refractivity contribution is 4.89. The first-order chi connectivity index (χ1) is 4.51. The van der Waals surface area contributed by atoms with Gasteiger partial charge >= 0.3 is 0 Å². The predicted octanol–water partition coefficient (Wildman–Crippen LogP) is 0.587. The zero-order valence-corrected chi connectivity index (χ0v) is 6.18. The van der Waals surface area contributed by atoms with Crippen LogP contribution in [0.2, 0.25) is 0 Å². The summed E-state index contributed by atoms with van der Waals surface area (Å²) in [6.07, 6.45) is 0.393. The van der Waals surface area contributed by atoms with Crippen molar-refractivity contribution in [1.29, 1.82) is 0 Å². The second-order valence-corrected chi connectivity index (χ2v) is 3.42. The minimum absolute atomic E-state index is 0.383. The maximum atomic E-state index is 12.7. The van der Waals surface area contributed by atoms with Crippen molar-refractivity contribution in [3.05, 3.63) is 0 Å². The lowest BCUT2D eigenvalue weighted by Gasteiger charge is -2.34. The fraction of sp³-hybridized carbons (Fsp3) is 1.00. The second-order valence-electron chi connectivity index (χ2n) is 3.42. The Morgan fingerprint density at radius 1 is 1.70 bits per heavy atom. The Morgan fingerprint density at radius 2 is 2.30 bits per heavy atom. The van der Waals surface area contributed by atoms with Gasteiger partial charge in [0.05, 0.1) is 5.60 Å². The largest absolute Gasteiger partial charge is 0.390 e. The normalized spacial score (nSPS) is 49.2. The Labute approximate surface area is 60.2 Å². The van der Waals surface area contributed by atoms with Crippen LogP contribution < -0.4 is 5.73 Å². The monoisotopic (exact) mass is 147 g/mol. The van der Waals surface area contributed by atoms with Gasteiger partial charge < -0.3 is 10.8 Å². The van der Waals surface area contributed by atoms with E-state index in [-0.39, 0.29) is 0 Å². The van der Waals surface area contributed by atoms with Gasteiger partial charge in [0.15, 0.2) is 0 Å². The van der Waals surface area contributed by atoms with Gasteiger partial charge in [-0.25, -0.2) is 4.39 Å². The van der Waals surface area contributed by atoms with Gasteiger partial charge in [0.2, 0.25) is 0 Å². The topological polar surface area (TPSA) is 46.2 Å². The van der Waals surface area contributed by atoms with Crippen molar-refractivity contribution in [3.8, 4) is 0 Å². The van der Waals surface area contributed by atoms with E-state index < -0.39 is 17.8 Å². The summed E-state index contributed by atoms with van der Waals surface area (Å²) in [6.45, 7) is 1.71. The molecule has 0 aromatic rings. The average molecular weight is 147 g/mol. The van der Waals surface area contributed by atoms with Gasteiger partial charge in [-0.2, -0.15) is 0 Å². The quantitative estimate of drug-likeness (QED) is 0.526. The summed E-state index contributed by atoms with van der Waals surface area (Å²) in [5, 5.41) is 9.42. The standard InChI is InChI=1S/C7H14FNO/c1-7(10)3-2-5(8)6(9)4-7/h5-6,10H,2-4,9H2,1H3. The van der Waals surface area contributed by atoms with Crippen LogP contribution in [0.15, 0.2) is 0 Å².